The third-order valence-corrected chi connectivity index (χ3v) is 3.98. The number of carbonyl (C=O) groups is 2. The number of aliphatic hydroxyl groups is 1. The second-order valence-corrected chi connectivity index (χ2v) is 6.02. The second-order valence-electron chi connectivity index (χ2n) is 4.80. The zero-order valence-electron chi connectivity index (χ0n) is 12.3. The molecule has 0 aliphatic carbocycles. The third kappa shape index (κ3) is 5.73. The standard InChI is InChI=1S/C15H19F2NO3S/c1-12-4-2-3-5-13(12)14(21)18(11-20)10-15(16,17)6-8-22-9-7-19/h2-5,11,19H,6-10H2,1H3. The Morgan fingerprint density at radius 2 is 2.05 bits per heavy atom. The minimum atomic E-state index is -3.15. The number of aryl methyl sites for hydroxylation is 1. The van der Waals surface area contributed by atoms with Gasteiger partial charge in [-0.1, -0.05) is 18.2 Å². The Labute approximate surface area is 132 Å². The fourth-order valence-electron chi connectivity index (χ4n) is 1.84. The molecule has 7 heteroatoms. The molecule has 0 atom stereocenters. The minimum Gasteiger partial charge on any atom is -0.396 e. The molecule has 0 saturated carbocycles. The summed E-state index contributed by atoms with van der Waals surface area (Å²) < 4.78 is 27.7. The number of rotatable bonds is 9. The smallest absolute Gasteiger partial charge is 0.266 e. The molecule has 0 unspecified atom stereocenters. The zero-order chi connectivity index (χ0) is 16.6. The number of alkyl halides is 2. The molecule has 1 rings (SSSR count). The lowest BCUT2D eigenvalue weighted by atomic mass is 10.1. The molecule has 0 aromatic heterocycles. The van der Waals surface area contributed by atoms with Crippen LogP contribution in [0.25, 0.3) is 0 Å². The van der Waals surface area contributed by atoms with Gasteiger partial charge in [0.1, 0.15) is 0 Å². The summed E-state index contributed by atoms with van der Waals surface area (Å²) in [7, 11) is 0. The minimum absolute atomic E-state index is 0.0670. The molecule has 0 aliphatic heterocycles. The van der Waals surface area contributed by atoms with Crippen LogP contribution in [0, 0.1) is 6.92 Å². The first-order valence-corrected chi connectivity index (χ1v) is 7.95. The van der Waals surface area contributed by atoms with Crippen molar-refractivity contribution >= 4 is 24.1 Å². The molecule has 122 valence electrons. The number of hydrogen-bond donors (Lipinski definition) is 1. The number of aliphatic hydroxyl groups excluding tert-OH is 1. The van der Waals surface area contributed by atoms with Gasteiger partial charge in [-0.15, -0.1) is 0 Å². The molecular formula is C15H19F2NO3S. The topological polar surface area (TPSA) is 57.6 Å². The molecule has 4 nitrogen and oxygen atoms in total. The average molecular weight is 331 g/mol. The highest BCUT2D eigenvalue weighted by Crippen LogP contribution is 2.23. The van der Waals surface area contributed by atoms with Crippen molar-refractivity contribution in [2.45, 2.75) is 19.3 Å². The fourth-order valence-corrected chi connectivity index (χ4v) is 2.62. The second kappa shape index (κ2) is 8.85. The summed E-state index contributed by atoms with van der Waals surface area (Å²) in [5, 5.41) is 8.60. The molecule has 0 aliphatic rings. The molecule has 1 N–H and O–H groups in total. The summed E-state index contributed by atoms with van der Waals surface area (Å²) in [6.07, 6.45) is -0.313. The van der Waals surface area contributed by atoms with Crippen LogP contribution in [0.3, 0.4) is 0 Å². The van der Waals surface area contributed by atoms with E-state index in [4.69, 9.17) is 5.11 Å². The van der Waals surface area contributed by atoms with Crippen molar-refractivity contribution in [2.75, 3.05) is 24.7 Å². The summed E-state index contributed by atoms with van der Waals surface area (Å²) >= 11 is 1.20. The SMILES string of the molecule is Cc1ccccc1C(=O)N(C=O)CC(F)(F)CCSCCO. The highest BCUT2D eigenvalue weighted by molar-refractivity contribution is 7.99. The van der Waals surface area contributed by atoms with Gasteiger partial charge in [0.05, 0.1) is 13.2 Å². The van der Waals surface area contributed by atoms with Gasteiger partial charge in [-0.05, 0) is 24.3 Å². The Balaban J connectivity index is 2.69. The summed E-state index contributed by atoms with van der Waals surface area (Å²) in [6, 6.07) is 6.53. The van der Waals surface area contributed by atoms with E-state index in [1.807, 2.05) is 0 Å². The number of amides is 2. The van der Waals surface area contributed by atoms with E-state index in [0.717, 1.165) is 0 Å². The van der Waals surface area contributed by atoms with Gasteiger partial charge in [0.15, 0.2) is 0 Å². The fraction of sp³-hybridized carbons (Fsp3) is 0.467. The third-order valence-electron chi connectivity index (χ3n) is 3.01. The molecule has 0 saturated heterocycles. The van der Waals surface area contributed by atoms with Crippen LogP contribution in [0.1, 0.15) is 22.3 Å². The van der Waals surface area contributed by atoms with Gasteiger partial charge in [0, 0.05) is 17.7 Å². The summed E-state index contributed by atoms with van der Waals surface area (Å²) in [5.41, 5.74) is 0.862. The Bertz CT molecular complexity index is 511. The van der Waals surface area contributed by atoms with Crippen LogP contribution >= 0.6 is 11.8 Å². The molecule has 0 heterocycles. The van der Waals surface area contributed by atoms with Gasteiger partial charge >= 0.3 is 0 Å². The Hall–Kier alpha value is -1.47. The van der Waals surface area contributed by atoms with Gasteiger partial charge in [-0.25, -0.2) is 8.78 Å². The molecule has 0 spiro atoms. The largest absolute Gasteiger partial charge is 0.396 e. The van der Waals surface area contributed by atoms with Gasteiger partial charge < -0.3 is 5.11 Å². The van der Waals surface area contributed by atoms with Crippen LogP contribution in [-0.2, 0) is 4.79 Å². The Kier molecular flexibility index (Phi) is 7.47. The number of benzene rings is 1. The molecule has 22 heavy (non-hydrogen) atoms. The predicted molar refractivity (Wildman–Crippen MR) is 82.3 cm³/mol. The maximum absolute atomic E-state index is 13.8. The summed E-state index contributed by atoms with van der Waals surface area (Å²) in [6.45, 7) is 0.672. The van der Waals surface area contributed by atoms with Gasteiger partial charge in [0.25, 0.3) is 11.8 Å². The summed E-state index contributed by atoms with van der Waals surface area (Å²) in [5.74, 6) is -3.34. The van der Waals surface area contributed by atoms with Crippen LogP contribution in [0.5, 0.6) is 0 Å². The Morgan fingerprint density at radius 1 is 1.36 bits per heavy atom. The van der Waals surface area contributed by atoms with Crippen LogP contribution in [0.2, 0.25) is 0 Å². The maximum atomic E-state index is 13.8. The molecule has 1 aromatic carbocycles. The first-order chi connectivity index (χ1) is 10.4. The van der Waals surface area contributed by atoms with Crippen LogP contribution in [0.15, 0.2) is 24.3 Å². The number of thioether (sulfide) groups is 1. The average Bonchev–Trinajstić information content (AvgIpc) is 2.49. The predicted octanol–water partition coefficient (Wildman–Crippen LogP) is 2.34. The number of halogens is 2. The van der Waals surface area contributed by atoms with Crippen molar-refractivity contribution < 1.29 is 23.5 Å². The van der Waals surface area contributed by atoms with E-state index in [9.17, 15) is 18.4 Å². The number of hydrogen-bond acceptors (Lipinski definition) is 4. The molecular weight excluding hydrogens is 312 g/mol. The van der Waals surface area contributed by atoms with E-state index in [0.29, 0.717) is 16.2 Å². The van der Waals surface area contributed by atoms with E-state index in [-0.39, 0.29) is 24.3 Å². The highest BCUT2D eigenvalue weighted by atomic mass is 32.2. The van der Waals surface area contributed by atoms with Crippen LogP contribution < -0.4 is 0 Å². The van der Waals surface area contributed by atoms with E-state index < -0.39 is 24.8 Å². The molecule has 0 radical (unpaired) electrons. The monoisotopic (exact) mass is 331 g/mol. The van der Waals surface area contributed by atoms with Crippen molar-refractivity contribution in [3.05, 3.63) is 35.4 Å². The van der Waals surface area contributed by atoms with Crippen molar-refractivity contribution in [3.8, 4) is 0 Å². The first-order valence-electron chi connectivity index (χ1n) is 6.79. The summed E-state index contributed by atoms with van der Waals surface area (Å²) in [4.78, 5) is 23.7. The van der Waals surface area contributed by atoms with Crippen molar-refractivity contribution in [3.63, 3.8) is 0 Å². The highest BCUT2D eigenvalue weighted by Gasteiger charge is 2.33. The maximum Gasteiger partial charge on any atom is 0.266 e. The first kappa shape index (κ1) is 18.6. The van der Waals surface area contributed by atoms with E-state index >= 15 is 0 Å². The van der Waals surface area contributed by atoms with Crippen molar-refractivity contribution in [1.29, 1.82) is 0 Å². The van der Waals surface area contributed by atoms with Gasteiger partial charge in [-0.2, -0.15) is 11.8 Å². The number of imide groups is 1. The quantitative estimate of drug-likeness (QED) is 0.557. The number of carbonyl (C=O) groups excluding carboxylic acids is 2. The molecule has 2 amide bonds. The molecule has 0 fully saturated rings. The molecule has 0 bridgehead atoms. The normalized spacial score (nSPS) is 11.3. The van der Waals surface area contributed by atoms with E-state index in [1.165, 1.54) is 17.8 Å². The Morgan fingerprint density at radius 3 is 2.64 bits per heavy atom. The van der Waals surface area contributed by atoms with Crippen LogP contribution in [-0.4, -0.2) is 52.9 Å². The number of nitrogens with zero attached hydrogens (tertiary/aromatic N) is 1. The zero-order valence-corrected chi connectivity index (χ0v) is 13.1. The lowest BCUT2D eigenvalue weighted by molar-refractivity contribution is -0.120. The van der Waals surface area contributed by atoms with Crippen molar-refractivity contribution in [1.82, 2.24) is 4.90 Å². The van der Waals surface area contributed by atoms with E-state index in [1.54, 1.807) is 25.1 Å². The van der Waals surface area contributed by atoms with Gasteiger partial charge in [0.2, 0.25) is 6.41 Å². The van der Waals surface area contributed by atoms with Gasteiger partial charge in [-0.3, -0.25) is 14.5 Å². The lowest BCUT2D eigenvalue weighted by Gasteiger charge is -2.23. The van der Waals surface area contributed by atoms with E-state index in [2.05, 4.69) is 0 Å². The van der Waals surface area contributed by atoms with Crippen molar-refractivity contribution in [2.24, 2.45) is 0 Å². The lowest BCUT2D eigenvalue weighted by Crippen LogP contribution is -2.40. The van der Waals surface area contributed by atoms with Crippen LogP contribution in [0.4, 0.5) is 8.78 Å². The molecule has 1 aromatic rings.